The van der Waals surface area contributed by atoms with Crippen molar-refractivity contribution in [2.75, 3.05) is 6.61 Å². The van der Waals surface area contributed by atoms with Crippen LogP contribution in [0, 0.1) is 0 Å². The number of benzene rings is 3. The molecule has 0 bridgehead atoms. The van der Waals surface area contributed by atoms with Gasteiger partial charge in [-0.25, -0.2) is 0 Å². The summed E-state index contributed by atoms with van der Waals surface area (Å²) in [4.78, 5) is 28.9. The summed E-state index contributed by atoms with van der Waals surface area (Å²) in [5.74, 6) is 0.471. The van der Waals surface area contributed by atoms with Crippen molar-refractivity contribution in [1.82, 2.24) is 10.2 Å². The quantitative estimate of drug-likeness (QED) is 0.240. The van der Waals surface area contributed by atoms with Gasteiger partial charge in [-0.2, -0.15) is 0 Å². The molecule has 2 atom stereocenters. The first-order valence-electron chi connectivity index (χ1n) is 13.0. The van der Waals surface area contributed by atoms with E-state index in [1.54, 1.807) is 11.0 Å². The molecule has 7 heteroatoms. The number of halogens is 2. The highest BCUT2D eigenvalue weighted by atomic mass is 79.9. The summed E-state index contributed by atoms with van der Waals surface area (Å²) in [6.45, 7) is 8.24. The van der Waals surface area contributed by atoms with Gasteiger partial charge in [0, 0.05) is 24.0 Å². The largest absolute Gasteiger partial charge is 0.483 e. The maximum atomic E-state index is 13.8. The van der Waals surface area contributed by atoms with Crippen molar-refractivity contribution in [3.8, 4) is 5.75 Å². The predicted molar refractivity (Wildman–Crippen MR) is 158 cm³/mol. The predicted octanol–water partition coefficient (Wildman–Crippen LogP) is 7.16. The molecule has 0 aliphatic rings. The number of hydrogen-bond donors (Lipinski definition) is 1. The third-order valence-electron chi connectivity index (χ3n) is 6.49. The number of hydrogen-bond acceptors (Lipinski definition) is 3. The summed E-state index contributed by atoms with van der Waals surface area (Å²) >= 11 is 9.82. The Morgan fingerprint density at radius 1 is 0.974 bits per heavy atom. The summed E-state index contributed by atoms with van der Waals surface area (Å²) in [5.41, 5.74) is 2.97. The molecule has 0 spiro atoms. The van der Waals surface area contributed by atoms with Crippen LogP contribution in [0.3, 0.4) is 0 Å². The fourth-order valence-corrected chi connectivity index (χ4v) is 4.77. The van der Waals surface area contributed by atoms with Crippen molar-refractivity contribution in [3.63, 3.8) is 0 Å². The number of carbonyl (C=O) groups is 2. The van der Waals surface area contributed by atoms with E-state index in [0.717, 1.165) is 22.0 Å². The van der Waals surface area contributed by atoms with Gasteiger partial charge in [0.2, 0.25) is 5.91 Å². The number of nitrogens with zero attached hydrogens (tertiary/aromatic N) is 1. The summed E-state index contributed by atoms with van der Waals surface area (Å²) in [6, 6.07) is 22.2. The molecule has 0 radical (unpaired) electrons. The van der Waals surface area contributed by atoms with Gasteiger partial charge in [-0.15, -0.1) is 0 Å². The minimum absolute atomic E-state index is 0.0180. The Balaban J connectivity index is 1.91. The smallest absolute Gasteiger partial charge is 0.261 e. The average molecular weight is 600 g/mol. The van der Waals surface area contributed by atoms with E-state index in [1.807, 2.05) is 80.6 Å². The van der Waals surface area contributed by atoms with Crippen molar-refractivity contribution in [2.24, 2.45) is 0 Å². The first kappa shape index (κ1) is 29.7. The molecule has 202 valence electrons. The topological polar surface area (TPSA) is 58.6 Å². The lowest BCUT2D eigenvalue weighted by Crippen LogP contribution is -2.53. The zero-order valence-electron chi connectivity index (χ0n) is 22.4. The van der Waals surface area contributed by atoms with E-state index in [4.69, 9.17) is 16.3 Å². The Kier molecular flexibility index (Phi) is 11.2. The molecule has 5 nitrogen and oxygen atoms in total. The molecule has 0 unspecified atom stereocenters. The van der Waals surface area contributed by atoms with Gasteiger partial charge in [-0.3, -0.25) is 9.59 Å². The number of rotatable bonds is 12. The van der Waals surface area contributed by atoms with Crippen LogP contribution in [0.5, 0.6) is 5.75 Å². The summed E-state index contributed by atoms with van der Waals surface area (Å²) < 4.78 is 6.75. The molecule has 1 N–H and O–H groups in total. The van der Waals surface area contributed by atoms with E-state index < -0.39 is 6.04 Å². The van der Waals surface area contributed by atoms with Crippen LogP contribution < -0.4 is 10.1 Å². The molecule has 2 amide bonds. The SMILES string of the molecule is CC[C@H](C)NC(=O)[C@@H](Cc1ccccc1)N(Cc1cccc(Cl)c1)C(=O)COc1ccc(C(C)C)cc1Br. The normalized spacial score (nSPS) is 12.6. The van der Waals surface area contributed by atoms with Crippen LogP contribution in [-0.4, -0.2) is 35.4 Å². The highest BCUT2D eigenvalue weighted by Crippen LogP contribution is 2.29. The fourth-order valence-electron chi connectivity index (χ4n) is 4.04. The monoisotopic (exact) mass is 598 g/mol. The van der Waals surface area contributed by atoms with Crippen molar-refractivity contribution in [1.29, 1.82) is 0 Å². The third-order valence-corrected chi connectivity index (χ3v) is 7.34. The van der Waals surface area contributed by atoms with E-state index in [-0.39, 0.29) is 31.0 Å². The van der Waals surface area contributed by atoms with Gasteiger partial charge in [0.1, 0.15) is 11.8 Å². The van der Waals surface area contributed by atoms with E-state index in [0.29, 0.717) is 23.1 Å². The molecule has 0 aromatic heterocycles. The van der Waals surface area contributed by atoms with Gasteiger partial charge in [0.25, 0.3) is 5.91 Å². The van der Waals surface area contributed by atoms with Gasteiger partial charge < -0.3 is 15.0 Å². The van der Waals surface area contributed by atoms with Crippen LogP contribution in [0.2, 0.25) is 5.02 Å². The van der Waals surface area contributed by atoms with Gasteiger partial charge in [0.05, 0.1) is 4.47 Å². The van der Waals surface area contributed by atoms with Crippen LogP contribution in [0.1, 0.15) is 56.7 Å². The maximum absolute atomic E-state index is 13.8. The van der Waals surface area contributed by atoms with Gasteiger partial charge in [-0.1, -0.05) is 80.9 Å². The molecular formula is C31H36BrClN2O3. The molecule has 38 heavy (non-hydrogen) atoms. The molecule has 3 aromatic rings. The van der Waals surface area contributed by atoms with Crippen LogP contribution in [-0.2, 0) is 22.6 Å². The second-order valence-corrected chi connectivity index (χ2v) is 11.1. The lowest BCUT2D eigenvalue weighted by molar-refractivity contribution is -0.143. The minimum atomic E-state index is -0.728. The van der Waals surface area contributed by atoms with Gasteiger partial charge in [0.15, 0.2) is 6.61 Å². The Morgan fingerprint density at radius 2 is 1.68 bits per heavy atom. The van der Waals surface area contributed by atoms with Crippen molar-refractivity contribution in [2.45, 2.75) is 65.1 Å². The van der Waals surface area contributed by atoms with E-state index in [2.05, 4.69) is 35.1 Å². The first-order valence-corrected chi connectivity index (χ1v) is 14.2. The Hall–Kier alpha value is -2.83. The van der Waals surface area contributed by atoms with Crippen LogP contribution in [0.15, 0.2) is 77.3 Å². The molecule has 3 aromatic carbocycles. The van der Waals surface area contributed by atoms with Crippen LogP contribution >= 0.6 is 27.5 Å². The number of nitrogens with one attached hydrogen (secondary N) is 1. The molecule has 0 aliphatic carbocycles. The Bertz CT molecular complexity index is 1220. The number of carbonyl (C=O) groups excluding carboxylic acids is 2. The molecule has 3 rings (SSSR count). The second-order valence-electron chi connectivity index (χ2n) is 9.81. The molecule has 0 heterocycles. The van der Waals surface area contributed by atoms with E-state index in [1.165, 1.54) is 5.56 Å². The maximum Gasteiger partial charge on any atom is 0.261 e. The zero-order valence-corrected chi connectivity index (χ0v) is 24.8. The zero-order chi connectivity index (χ0) is 27.7. The Labute approximate surface area is 239 Å². The summed E-state index contributed by atoms with van der Waals surface area (Å²) in [6.07, 6.45) is 1.16. The number of amides is 2. The molecule has 0 fully saturated rings. The highest BCUT2D eigenvalue weighted by molar-refractivity contribution is 9.10. The van der Waals surface area contributed by atoms with E-state index in [9.17, 15) is 9.59 Å². The lowest BCUT2D eigenvalue weighted by atomic mass is 10.0. The fraction of sp³-hybridized carbons (Fsp3) is 0.355. The minimum Gasteiger partial charge on any atom is -0.483 e. The van der Waals surface area contributed by atoms with Gasteiger partial charge >= 0.3 is 0 Å². The average Bonchev–Trinajstić information content (AvgIpc) is 2.90. The summed E-state index contributed by atoms with van der Waals surface area (Å²) in [5, 5.41) is 3.65. The number of ether oxygens (including phenoxy) is 1. The molecule has 0 saturated carbocycles. The third kappa shape index (κ3) is 8.60. The van der Waals surface area contributed by atoms with Gasteiger partial charge in [-0.05, 0) is 76.1 Å². The molecular weight excluding hydrogens is 564 g/mol. The molecule has 0 saturated heterocycles. The van der Waals surface area contributed by atoms with Crippen molar-refractivity contribution < 1.29 is 14.3 Å². The van der Waals surface area contributed by atoms with Crippen LogP contribution in [0.25, 0.3) is 0 Å². The lowest BCUT2D eigenvalue weighted by Gasteiger charge is -2.32. The van der Waals surface area contributed by atoms with Crippen molar-refractivity contribution in [3.05, 3.63) is 99.0 Å². The van der Waals surface area contributed by atoms with E-state index >= 15 is 0 Å². The second kappa shape index (κ2) is 14.4. The van der Waals surface area contributed by atoms with Crippen molar-refractivity contribution >= 4 is 39.3 Å². The molecule has 0 aliphatic heterocycles. The standard InChI is InChI=1S/C31H36BrClN2O3/c1-5-22(4)34-31(37)28(17-23-10-7-6-8-11-23)35(19-24-12-9-13-26(33)16-24)30(36)20-38-29-15-14-25(21(2)3)18-27(29)32/h6-16,18,21-22,28H,5,17,19-20H2,1-4H3,(H,34,37)/t22-,28+/m0/s1. The van der Waals surface area contributed by atoms with Crippen LogP contribution in [0.4, 0.5) is 0 Å². The highest BCUT2D eigenvalue weighted by Gasteiger charge is 2.31. The first-order chi connectivity index (χ1) is 18.2. The summed E-state index contributed by atoms with van der Waals surface area (Å²) in [7, 11) is 0. The Morgan fingerprint density at radius 3 is 2.32 bits per heavy atom.